The molecule has 0 aliphatic heterocycles. The molecule has 4 nitrogen and oxygen atoms in total. The number of aliphatic hydroxyl groups excluding tert-OH is 1. The Morgan fingerprint density at radius 3 is 2.55 bits per heavy atom. The molecule has 20 heavy (non-hydrogen) atoms. The lowest BCUT2D eigenvalue weighted by molar-refractivity contribution is 0.103. The molecule has 0 amide bonds. The highest BCUT2D eigenvalue weighted by Gasteiger charge is 2.14. The van der Waals surface area contributed by atoms with Crippen molar-refractivity contribution >= 4 is 18.2 Å². The van der Waals surface area contributed by atoms with Crippen molar-refractivity contribution in [1.29, 1.82) is 0 Å². The van der Waals surface area contributed by atoms with Crippen LogP contribution in [0.25, 0.3) is 0 Å². The maximum atomic E-state index is 12.3. The summed E-state index contributed by atoms with van der Waals surface area (Å²) in [4.78, 5) is 12.3. The molecule has 0 saturated carbocycles. The zero-order valence-corrected chi connectivity index (χ0v) is 12.1. The fourth-order valence-corrected chi connectivity index (χ4v) is 2.03. The Kier molecular flexibility index (Phi) is 5.95. The first-order valence-corrected chi connectivity index (χ1v) is 6.23. The van der Waals surface area contributed by atoms with Crippen LogP contribution >= 0.6 is 12.4 Å². The molecule has 0 fully saturated rings. The monoisotopic (exact) mass is 294 g/mol. The number of rotatable bonds is 5. The van der Waals surface area contributed by atoms with Crippen LogP contribution in [0.3, 0.4) is 0 Å². The van der Waals surface area contributed by atoms with E-state index in [9.17, 15) is 4.79 Å². The SMILES string of the molecule is Cl.Cn1cc(C(=O)c2ccccc2)cc1CC(N)CO. The quantitative estimate of drug-likeness (QED) is 0.822. The van der Waals surface area contributed by atoms with Crippen molar-refractivity contribution in [2.75, 3.05) is 6.61 Å². The van der Waals surface area contributed by atoms with E-state index in [1.54, 1.807) is 18.3 Å². The number of benzene rings is 1. The summed E-state index contributed by atoms with van der Waals surface area (Å²) in [5.41, 5.74) is 7.99. The van der Waals surface area contributed by atoms with Crippen molar-refractivity contribution in [3.8, 4) is 0 Å². The van der Waals surface area contributed by atoms with Gasteiger partial charge < -0.3 is 15.4 Å². The number of aliphatic hydroxyl groups is 1. The summed E-state index contributed by atoms with van der Waals surface area (Å²) in [5.74, 6) is 0.0000184. The number of aryl methyl sites for hydroxylation is 1. The van der Waals surface area contributed by atoms with Crippen molar-refractivity contribution in [2.45, 2.75) is 12.5 Å². The highest BCUT2D eigenvalue weighted by molar-refractivity contribution is 6.09. The summed E-state index contributed by atoms with van der Waals surface area (Å²) in [6, 6.07) is 10.7. The average molecular weight is 295 g/mol. The highest BCUT2D eigenvalue weighted by atomic mass is 35.5. The van der Waals surface area contributed by atoms with E-state index in [2.05, 4.69) is 0 Å². The second-order valence-electron chi connectivity index (χ2n) is 4.67. The Bertz CT molecular complexity index is 567. The lowest BCUT2D eigenvalue weighted by Crippen LogP contribution is -2.27. The van der Waals surface area contributed by atoms with Crippen LogP contribution in [-0.4, -0.2) is 28.1 Å². The van der Waals surface area contributed by atoms with Crippen LogP contribution in [0.2, 0.25) is 0 Å². The minimum atomic E-state index is -0.298. The fraction of sp³-hybridized carbons (Fsp3) is 0.267. The van der Waals surface area contributed by atoms with Crippen molar-refractivity contribution in [3.05, 3.63) is 59.4 Å². The van der Waals surface area contributed by atoms with Crippen molar-refractivity contribution in [1.82, 2.24) is 4.57 Å². The fourth-order valence-electron chi connectivity index (χ4n) is 2.03. The van der Waals surface area contributed by atoms with Gasteiger partial charge in [-0.2, -0.15) is 0 Å². The molecule has 5 heteroatoms. The van der Waals surface area contributed by atoms with Crippen LogP contribution in [0, 0.1) is 0 Å². The molecule has 2 rings (SSSR count). The summed E-state index contributed by atoms with van der Waals surface area (Å²) in [6.07, 6.45) is 2.35. The third kappa shape index (κ3) is 3.70. The first-order chi connectivity index (χ1) is 9.11. The van der Waals surface area contributed by atoms with Crippen LogP contribution in [0.5, 0.6) is 0 Å². The molecule has 108 valence electrons. The zero-order valence-electron chi connectivity index (χ0n) is 11.3. The molecule has 1 aromatic heterocycles. The molecule has 3 N–H and O–H groups in total. The van der Waals surface area contributed by atoms with Gasteiger partial charge in [0.05, 0.1) is 6.61 Å². The van der Waals surface area contributed by atoms with Crippen molar-refractivity contribution < 1.29 is 9.90 Å². The zero-order chi connectivity index (χ0) is 13.8. The lowest BCUT2D eigenvalue weighted by Gasteiger charge is -2.08. The second kappa shape index (κ2) is 7.24. The Morgan fingerprint density at radius 2 is 1.95 bits per heavy atom. The van der Waals surface area contributed by atoms with Gasteiger partial charge in [0.1, 0.15) is 0 Å². The summed E-state index contributed by atoms with van der Waals surface area (Å²) in [7, 11) is 1.88. The normalized spacial score (nSPS) is 11.8. The number of carbonyl (C=O) groups excluding carboxylic acids is 1. The van der Waals surface area contributed by atoms with Gasteiger partial charge in [-0.05, 0) is 6.07 Å². The minimum absolute atomic E-state index is 0. The first-order valence-electron chi connectivity index (χ1n) is 6.23. The predicted molar refractivity (Wildman–Crippen MR) is 81.3 cm³/mol. The molecular weight excluding hydrogens is 276 g/mol. The number of halogens is 1. The van der Waals surface area contributed by atoms with Crippen LogP contribution in [0.4, 0.5) is 0 Å². The number of hydrogen-bond acceptors (Lipinski definition) is 3. The third-order valence-electron chi connectivity index (χ3n) is 3.11. The standard InChI is InChI=1S/C15H18N2O2.ClH/c1-17-9-12(7-14(17)8-13(16)10-18)15(19)11-5-3-2-4-6-11;/h2-7,9,13,18H,8,10,16H2,1H3;1H. The smallest absolute Gasteiger partial charge is 0.194 e. The Morgan fingerprint density at radius 1 is 1.30 bits per heavy atom. The van der Waals surface area contributed by atoms with E-state index in [1.165, 1.54) is 0 Å². The number of carbonyl (C=O) groups is 1. The molecule has 0 saturated heterocycles. The highest BCUT2D eigenvalue weighted by Crippen LogP contribution is 2.14. The Labute approximate surface area is 124 Å². The Hall–Kier alpha value is -1.62. The molecular formula is C15H19ClN2O2. The molecule has 1 unspecified atom stereocenters. The maximum absolute atomic E-state index is 12.3. The van der Waals surface area contributed by atoms with E-state index in [0.29, 0.717) is 17.5 Å². The molecule has 0 bridgehead atoms. The number of aromatic nitrogens is 1. The van der Waals surface area contributed by atoms with E-state index in [1.807, 2.05) is 35.9 Å². The van der Waals surface area contributed by atoms with Gasteiger partial charge in [-0.25, -0.2) is 0 Å². The molecule has 0 spiro atoms. The van der Waals surface area contributed by atoms with E-state index < -0.39 is 0 Å². The number of nitrogens with zero attached hydrogens (tertiary/aromatic N) is 1. The number of ketones is 1. The summed E-state index contributed by atoms with van der Waals surface area (Å²) in [6.45, 7) is -0.0624. The second-order valence-corrected chi connectivity index (χ2v) is 4.67. The van der Waals surface area contributed by atoms with Gasteiger partial charge >= 0.3 is 0 Å². The predicted octanol–water partition coefficient (Wildman–Crippen LogP) is 1.54. The molecule has 2 aromatic rings. The van der Waals surface area contributed by atoms with E-state index >= 15 is 0 Å². The summed E-state index contributed by atoms with van der Waals surface area (Å²) < 4.78 is 1.88. The van der Waals surface area contributed by atoms with Gasteiger partial charge in [0.15, 0.2) is 5.78 Å². The Balaban J connectivity index is 0.00000200. The molecule has 1 atom stereocenters. The average Bonchev–Trinajstić information content (AvgIpc) is 2.80. The largest absolute Gasteiger partial charge is 0.395 e. The molecule has 0 aliphatic carbocycles. The van der Waals surface area contributed by atoms with E-state index in [-0.39, 0.29) is 30.8 Å². The van der Waals surface area contributed by atoms with Crippen molar-refractivity contribution in [3.63, 3.8) is 0 Å². The van der Waals surface area contributed by atoms with Gasteiger partial charge in [-0.1, -0.05) is 30.3 Å². The van der Waals surface area contributed by atoms with Gasteiger partial charge in [0.2, 0.25) is 0 Å². The minimum Gasteiger partial charge on any atom is -0.395 e. The van der Waals surface area contributed by atoms with Gasteiger partial charge in [-0.15, -0.1) is 12.4 Å². The van der Waals surface area contributed by atoms with Crippen LogP contribution in [0.15, 0.2) is 42.6 Å². The van der Waals surface area contributed by atoms with Crippen LogP contribution in [0.1, 0.15) is 21.6 Å². The first kappa shape index (κ1) is 16.4. The molecule has 1 heterocycles. The number of nitrogens with two attached hydrogens (primary N) is 1. The third-order valence-corrected chi connectivity index (χ3v) is 3.11. The molecule has 0 radical (unpaired) electrons. The van der Waals surface area contributed by atoms with Gasteiger partial charge in [-0.3, -0.25) is 4.79 Å². The van der Waals surface area contributed by atoms with Gasteiger partial charge in [0.25, 0.3) is 0 Å². The number of hydrogen-bond donors (Lipinski definition) is 2. The topological polar surface area (TPSA) is 68.2 Å². The van der Waals surface area contributed by atoms with Gasteiger partial charge in [0, 0.05) is 42.5 Å². The maximum Gasteiger partial charge on any atom is 0.194 e. The van der Waals surface area contributed by atoms with Crippen LogP contribution < -0.4 is 5.73 Å². The molecule has 0 aliphatic rings. The lowest BCUT2D eigenvalue weighted by atomic mass is 10.1. The summed E-state index contributed by atoms with van der Waals surface area (Å²) >= 11 is 0. The van der Waals surface area contributed by atoms with E-state index in [4.69, 9.17) is 10.8 Å². The molecule has 1 aromatic carbocycles. The summed E-state index contributed by atoms with van der Waals surface area (Å²) in [5, 5.41) is 8.98. The van der Waals surface area contributed by atoms with Crippen LogP contribution in [-0.2, 0) is 13.5 Å². The van der Waals surface area contributed by atoms with Crippen molar-refractivity contribution in [2.24, 2.45) is 12.8 Å². The van der Waals surface area contributed by atoms with E-state index in [0.717, 1.165) is 5.69 Å².